The van der Waals surface area contributed by atoms with Crippen molar-refractivity contribution in [2.24, 2.45) is 0 Å². The SMILES string of the molecule is C[Te]1(I)c2ccccc2-c2ccccc21. The Morgan fingerprint density at radius 3 is 1.67 bits per heavy atom. The van der Waals surface area contributed by atoms with Crippen LogP contribution in [-0.2, 0) is 0 Å². The average Bonchev–Trinajstić information content (AvgIpc) is 2.51. The summed E-state index contributed by atoms with van der Waals surface area (Å²) < 4.78 is 3.25. The molecule has 0 bridgehead atoms. The molecule has 0 fully saturated rings. The Kier molecular flexibility index (Phi) is 2.35. The summed E-state index contributed by atoms with van der Waals surface area (Å²) in [5.74, 6) is 0. The molecular weight excluding hydrogens is 411 g/mol. The van der Waals surface area contributed by atoms with E-state index in [0.29, 0.717) is 0 Å². The predicted octanol–water partition coefficient (Wildman–Crippen LogP) is 2.79. The summed E-state index contributed by atoms with van der Waals surface area (Å²) in [6.45, 7) is 0. The molecule has 0 nitrogen and oxygen atoms in total. The Balaban J connectivity index is 2.42. The first-order chi connectivity index (χ1) is 7.21. The van der Waals surface area contributed by atoms with E-state index in [9.17, 15) is 0 Å². The summed E-state index contributed by atoms with van der Waals surface area (Å²) in [5, 5.41) is 0. The zero-order chi connectivity index (χ0) is 10.5. The van der Waals surface area contributed by atoms with Crippen molar-refractivity contribution in [1.29, 1.82) is 0 Å². The van der Waals surface area contributed by atoms with Crippen LogP contribution in [0.5, 0.6) is 0 Å². The van der Waals surface area contributed by atoms with E-state index >= 15 is 0 Å². The zero-order valence-electron chi connectivity index (χ0n) is 8.41. The van der Waals surface area contributed by atoms with Crippen molar-refractivity contribution in [3.8, 4) is 11.1 Å². The number of hydrogen-bond acceptors (Lipinski definition) is 0. The van der Waals surface area contributed by atoms with Gasteiger partial charge < -0.3 is 0 Å². The maximum absolute atomic E-state index is 2.74. The van der Waals surface area contributed by atoms with Crippen LogP contribution in [0, 0.1) is 0 Å². The normalized spacial score (nSPS) is 18.0. The van der Waals surface area contributed by atoms with E-state index in [1.165, 1.54) is 11.1 Å². The molecule has 0 aromatic heterocycles. The van der Waals surface area contributed by atoms with E-state index in [-0.39, 0.29) is 0 Å². The van der Waals surface area contributed by atoms with Crippen molar-refractivity contribution in [2.45, 2.75) is 4.97 Å². The van der Waals surface area contributed by atoms with E-state index in [1.54, 1.807) is 7.22 Å². The fourth-order valence-corrected chi connectivity index (χ4v) is 13.3. The van der Waals surface area contributed by atoms with E-state index in [2.05, 4.69) is 72.2 Å². The molecule has 0 amide bonds. The predicted molar refractivity (Wildman–Crippen MR) is 76.8 cm³/mol. The molecule has 0 saturated heterocycles. The Hall–Kier alpha value is -0.0404. The number of halogens is 1. The van der Waals surface area contributed by atoms with Gasteiger partial charge in [0.2, 0.25) is 0 Å². The Labute approximate surface area is 104 Å². The van der Waals surface area contributed by atoms with Crippen molar-refractivity contribution in [3.05, 3.63) is 48.5 Å². The molecule has 1 aliphatic rings. The number of rotatable bonds is 0. The third kappa shape index (κ3) is 1.39. The monoisotopic (exact) mass is 424 g/mol. The number of fused-ring (bicyclic) bond motifs is 3. The van der Waals surface area contributed by atoms with Crippen molar-refractivity contribution in [1.82, 2.24) is 0 Å². The van der Waals surface area contributed by atoms with Crippen LogP contribution >= 0.6 is 18.7 Å². The Morgan fingerprint density at radius 2 is 1.20 bits per heavy atom. The fraction of sp³-hybridized carbons (Fsp3) is 0.0769. The first-order valence-electron chi connectivity index (χ1n) is 4.88. The van der Waals surface area contributed by atoms with E-state index in [4.69, 9.17) is 0 Å². The van der Waals surface area contributed by atoms with Crippen LogP contribution in [0.1, 0.15) is 0 Å². The molecule has 0 radical (unpaired) electrons. The van der Waals surface area contributed by atoms with Crippen molar-refractivity contribution in [3.63, 3.8) is 0 Å². The minimum atomic E-state index is -1.98. The van der Waals surface area contributed by atoms with Gasteiger partial charge in [-0.25, -0.2) is 0 Å². The number of benzene rings is 2. The van der Waals surface area contributed by atoms with E-state index < -0.39 is 14.2 Å². The van der Waals surface area contributed by atoms with Gasteiger partial charge in [0.25, 0.3) is 0 Å². The molecule has 76 valence electrons. The Morgan fingerprint density at radius 1 is 0.800 bits per heavy atom. The van der Waals surface area contributed by atoms with Gasteiger partial charge in [-0.3, -0.25) is 0 Å². The maximum atomic E-state index is 2.74. The summed E-state index contributed by atoms with van der Waals surface area (Å²) in [4.78, 5) is 2.48. The molecule has 0 aliphatic carbocycles. The summed E-state index contributed by atoms with van der Waals surface area (Å²) >= 11 is 0.760. The molecule has 0 N–H and O–H groups in total. The fourth-order valence-electron chi connectivity index (χ4n) is 2.17. The van der Waals surface area contributed by atoms with E-state index in [0.717, 1.165) is 0 Å². The summed E-state index contributed by atoms with van der Waals surface area (Å²) in [5.41, 5.74) is 2.96. The van der Waals surface area contributed by atoms with Gasteiger partial charge in [0.15, 0.2) is 0 Å². The van der Waals surface area contributed by atoms with Gasteiger partial charge >= 0.3 is 105 Å². The second-order valence-electron chi connectivity index (χ2n) is 3.81. The van der Waals surface area contributed by atoms with Crippen LogP contribution in [-0.4, -0.2) is 14.2 Å². The molecule has 0 saturated carbocycles. The number of hydrogen-bond donors (Lipinski definition) is 0. The van der Waals surface area contributed by atoms with Crippen molar-refractivity contribution >= 4 is 40.2 Å². The molecule has 0 unspecified atom stereocenters. The molecule has 2 aromatic rings. The third-order valence-electron chi connectivity index (χ3n) is 2.89. The molecule has 0 spiro atoms. The molecule has 2 aromatic carbocycles. The second kappa shape index (κ2) is 3.48. The quantitative estimate of drug-likeness (QED) is 0.453. The summed E-state index contributed by atoms with van der Waals surface area (Å²) in [6.07, 6.45) is 0. The van der Waals surface area contributed by atoms with Crippen LogP contribution in [0.15, 0.2) is 48.5 Å². The van der Waals surface area contributed by atoms with Crippen molar-refractivity contribution < 1.29 is 0 Å². The third-order valence-corrected chi connectivity index (χ3v) is 16.0. The van der Waals surface area contributed by atoms with Gasteiger partial charge in [-0.2, -0.15) is 0 Å². The second-order valence-corrected chi connectivity index (χ2v) is 22.8. The minimum absolute atomic E-state index is 1.48. The topological polar surface area (TPSA) is 0 Å². The Bertz CT molecular complexity index is 484. The van der Waals surface area contributed by atoms with Gasteiger partial charge in [0.1, 0.15) is 0 Å². The standard InChI is InChI=1S/C13H11ITe/c1-15(14)12-8-4-2-6-10(12)11-7-3-5-9-13(11)15/h2-9H,1H3. The molecule has 1 aliphatic heterocycles. The van der Waals surface area contributed by atoms with Gasteiger partial charge in [-0.05, 0) is 0 Å². The first kappa shape index (κ1) is 10.1. The van der Waals surface area contributed by atoms with Gasteiger partial charge in [0, 0.05) is 0 Å². The summed E-state index contributed by atoms with van der Waals surface area (Å²) in [7, 11) is 0. The molecule has 0 atom stereocenters. The van der Waals surface area contributed by atoms with Crippen LogP contribution < -0.4 is 7.22 Å². The molecule has 3 rings (SSSR count). The zero-order valence-corrected chi connectivity index (χ0v) is 12.9. The van der Waals surface area contributed by atoms with Crippen molar-refractivity contribution in [2.75, 3.05) is 0 Å². The molecular formula is C13H11ITe. The van der Waals surface area contributed by atoms with Gasteiger partial charge in [-0.1, -0.05) is 0 Å². The van der Waals surface area contributed by atoms with Crippen LogP contribution in [0.25, 0.3) is 11.1 Å². The van der Waals surface area contributed by atoms with Crippen LogP contribution in [0.4, 0.5) is 0 Å². The molecule has 15 heavy (non-hydrogen) atoms. The first-order valence-corrected chi connectivity index (χ1v) is 16.3. The molecule has 1 heterocycles. The van der Waals surface area contributed by atoms with Gasteiger partial charge in [0.05, 0.1) is 0 Å². The molecule has 2 heteroatoms. The van der Waals surface area contributed by atoms with E-state index in [1.807, 2.05) is 0 Å². The average molecular weight is 422 g/mol. The summed E-state index contributed by atoms with van der Waals surface area (Å²) in [6, 6.07) is 17.8. The van der Waals surface area contributed by atoms with Crippen LogP contribution in [0.2, 0.25) is 4.97 Å². The van der Waals surface area contributed by atoms with Crippen LogP contribution in [0.3, 0.4) is 0 Å². The van der Waals surface area contributed by atoms with Gasteiger partial charge in [-0.15, -0.1) is 0 Å².